The van der Waals surface area contributed by atoms with Crippen LogP contribution in [-0.4, -0.2) is 19.5 Å². The maximum atomic E-state index is 4.96. The summed E-state index contributed by atoms with van der Waals surface area (Å²) in [4.78, 5) is 17.3. The molecule has 2 aromatic heterocycles. The number of hydrogen-bond acceptors (Lipinski definition) is 4. The zero-order chi connectivity index (χ0) is 41.0. The number of hydrogen-bond donors (Lipinski definition) is 0. The Labute approximate surface area is 360 Å². The zero-order valence-corrected chi connectivity index (χ0v) is 33.8. The summed E-state index contributed by atoms with van der Waals surface area (Å²) in [5, 5.41) is 2.51. The smallest absolute Gasteiger partial charge is 0.164 e. The van der Waals surface area contributed by atoms with Gasteiger partial charge in [-0.15, -0.1) is 0 Å². The van der Waals surface area contributed by atoms with Crippen LogP contribution in [0.2, 0.25) is 0 Å². The third kappa shape index (κ3) is 6.13. The number of aromatic nitrogens is 4. The van der Waals surface area contributed by atoms with E-state index in [4.69, 9.17) is 15.0 Å². The summed E-state index contributed by atoms with van der Waals surface area (Å²) in [5.74, 6) is 2.26. The highest BCUT2D eigenvalue weighted by Crippen LogP contribution is 2.52. The van der Waals surface area contributed by atoms with Crippen molar-refractivity contribution in [1.29, 1.82) is 0 Å². The second-order valence-corrected chi connectivity index (χ2v) is 16.0. The fraction of sp³-hybridized carbons (Fsp3) is 0.0351. The Morgan fingerprint density at radius 2 is 0.935 bits per heavy atom. The zero-order valence-electron chi connectivity index (χ0n) is 33.8. The third-order valence-electron chi connectivity index (χ3n) is 12.3. The molecular weight excluding hydrogens is 755 g/mol. The molecule has 10 aromatic rings. The average molecular weight is 794 g/mol. The molecule has 5 nitrogen and oxygen atoms in total. The molecule has 12 rings (SSSR count). The topological polar surface area (TPSA) is 46.8 Å². The first-order chi connectivity index (χ1) is 30.7. The fourth-order valence-corrected chi connectivity index (χ4v) is 9.35. The van der Waals surface area contributed by atoms with Crippen LogP contribution in [0.1, 0.15) is 17.9 Å². The van der Waals surface area contributed by atoms with E-state index >= 15 is 0 Å². The number of allylic oxidation sites excluding steroid dienone is 4. The first kappa shape index (κ1) is 35.8. The molecule has 0 spiro atoms. The molecule has 0 amide bonds. The Bertz CT molecular complexity index is 3310. The van der Waals surface area contributed by atoms with E-state index in [1.165, 1.54) is 49.9 Å². The van der Waals surface area contributed by atoms with Crippen molar-refractivity contribution < 1.29 is 0 Å². The molecule has 1 aliphatic carbocycles. The minimum atomic E-state index is 0.300. The third-order valence-corrected chi connectivity index (χ3v) is 12.3. The molecule has 0 N–H and O–H groups in total. The van der Waals surface area contributed by atoms with Crippen LogP contribution in [0.25, 0.3) is 83.9 Å². The average Bonchev–Trinajstić information content (AvgIpc) is 3.87. The molecule has 0 radical (unpaired) electrons. The molecule has 292 valence electrons. The van der Waals surface area contributed by atoms with Crippen molar-refractivity contribution in [1.82, 2.24) is 19.5 Å². The molecule has 1 unspecified atom stereocenters. The lowest BCUT2D eigenvalue weighted by atomic mass is 9.91. The molecule has 2 aliphatic rings. The lowest BCUT2D eigenvalue weighted by Crippen LogP contribution is -2.14. The molecule has 0 bridgehead atoms. The molecule has 1 atom stereocenters. The van der Waals surface area contributed by atoms with E-state index in [2.05, 4.69) is 167 Å². The molecule has 0 saturated carbocycles. The van der Waals surface area contributed by atoms with Crippen molar-refractivity contribution in [2.45, 2.75) is 12.3 Å². The number of fused-ring (bicyclic) bond motifs is 6. The van der Waals surface area contributed by atoms with Crippen molar-refractivity contribution >= 4 is 33.2 Å². The van der Waals surface area contributed by atoms with Crippen LogP contribution in [-0.2, 0) is 0 Å². The van der Waals surface area contributed by atoms with E-state index in [-0.39, 0.29) is 0 Å². The number of benzene rings is 8. The summed E-state index contributed by atoms with van der Waals surface area (Å²) in [6.45, 7) is 0. The number of rotatable bonds is 7. The van der Waals surface area contributed by atoms with E-state index < -0.39 is 0 Å². The van der Waals surface area contributed by atoms with Gasteiger partial charge in [0.15, 0.2) is 17.5 Å². The quantitative estimate of drug-likeness (QED) is 0.161. The normalized spacial score (nSPS) is 14.2. The lowest BCUT2D eigenvalue weighted by Gasteiger charge is -2.25. The number of anilines is 2. The molecule has 8 aromatic carbocycles. The van der Waals surface area contributed by atoms with Gasteiger partial charge in [-0.1, -0.05) is 170 Å². The predicted octanol–water partition coefficient (Wildman–Crippen LogP) is 14.4. The van der Waals surface area contributed by atoms with Gasteiger partial charge in [0, 0.05) is 50.5 Å². The van der Waals surface area contributed by atoms with Crippen molar-refractivity contribution in [3.8, 4) is 62.1 Å². The Morgan fingerprint density at radius 3 is 1.66 bits per heavy atom. The van der Waals surface area contributed by atoms with Crippen molar-refractivity contribution in [3.63, 3.8) is 0 Å². The molecule has 3 heterocycles. The minimum absolute atomic E-state index is 0.300. The van der Waals surface area contributed by atoms with Crippen molar-refractivity contribution in [2.24, 2.45) is 0 Å². The second-order valence-electron chi connectivity index (χ2n) is 16.0. The van der Waals surface area contributed by atoms with Gasteiger partial charge < -0.3 is 9.47 Å². The summed E-state index contributed by atoms with van der Waals surface area (Å²) in [5.41, 5.74) is 16.1. The number of nitrogens with zero attached hydrogens (tertiary/aromatic N) is 5. The van der Waals surface area contributed by atoms with E-state index in [1.54, 1.807) is 0 Å². The van der Waals surface area contributed by atoms with E-state index in [9.17, 15) is 0 Å². The van der Waals surface area contributed by atoms with Crippen LogP contribution < -0.4 is 4.90 Å². The summed E-state index contributed by atoms with van der Waals surface area (Å²) in [7, 11) is 0. The van der Waals surface area contributed by atoms with Gasteiger partial charge in [-0.25, -0.2) is 15.0 Å². The van der Waals surface area contributed by atoms with Gasteiger partial charge in [-0.2, -0.15) is 0 Å². The summed E-state index contributed by atoms with van der Waals surface area (Å²) < 4.78 is 2.39. The van der Waals surface area contributed by atoms with Gasteiger partial charge in [0.1, 0.15) is 0 Å². The van der Waals surface area contributed by atoms with Crippen LogP contribution in [0.3, 0.4) is 0 Å². The summed E-state index contributed by atoms with van der Waals surface area (Å²) >= 11 is 0. The highest BCUT2D eigenvalue weighted by molar-refractivity contribution is 6.10. The second kappa shape index (κ2) is 14.8. The first-order valence-corrected chi connectivity index (χ1v) is 21.2. The van der Waals surface area contributed by atoms with Gasteiger partial charge in [0.05, 0.1) is 16.7 Å². The monoisotopic (exact) mass is 793 g/mol. The fourth-order valence-electron chi connectivity index (χ4n) is 9.35. The maximum absolute atomic E-state index is 4.96. The molecule has 62 heavy (non-hydrogen) atoms. The number of para-hydroxylation sites is 2. The lowest BCUT2D eigenvalue weighted by molar-refractivity contribution is 0.819. The van der Waals surface area contributed by atoms with E-state index in [0.717, 1.165) is 45.6 Å². The van der Waals surface area contributed by atoms with Crippen molar-refractivity contribution in [3.05, 3.63) is 230 Å². The van der Waals surface area contributed by atoms with Crippen LogP contribution in [0.4, 0.5) is 11.4 Å². The van der Waals surface area contributed by atoms with Crippen LogP contribution in [0, 0.1) is 0 Å². The van der Waals surface area contributed by atoms with Crippen LogP contribution in [0.15, 0.2) is 224 Å². The highest BCUT2D eigenvalue weighted by Gasteiger charge is 2.35. The van der Waals surface area contributed by atoms with Gasteiger partial charge in [-0.05, 0) is 82.8 Å². The molecular formula is C57H39N5. The first-order valence-electron chi connectivity index (χ1n) is 21.2. The predicted molar refractivity (Wildman–Crippen MR) is 255 cm³/mol. The minimum Gasteiger partial charge on any atom is -0.313 e. The van der Waals surface area contributed by atoms with Gasteiger partial charge in [0.25, 0.3) is 0 Å². The molecule has 0 fully saturated rings. The van der Waals surface area contributed by atoms with Crippen LogP contribution >= 0.6 is 0 Å². The SMILES string of the molecule is C1=CCC2C(=C1)N(c1cccc(-c3ccc4c5ccccc5n(-c5ccccc5)c4c3)c1)c1cc(-c3ccc(-c4nc(-c5ccccc5)nc(-c5ccccc5)n4)cc3)ccc12. The van der Waals surface area contributed by atoms with Crippen molar-refractivity contribution in [2.75, 3.05) is 4.90 Å². The summed E-state index contributed by atoms with van der Waals surface area (Å²) in [6.07, 6.45) is 7.77. The summed E-state index contributed by atoms with van der Waals surface area (Å²) in [6, 6.07) is 71.2. The van der Waals surface area contributed by atoms with Gasteiger partial charge in [-0.3, -0.25) is 0 Å². The maximum Gasteiger partial charge on any atom is 0.164 e. The highest BCUT2D eigenvalue weighted by atomic mass is 15.2. The van der Waals surface area contributed by atoms with Gasteiger partial charge >= 0.3 is 0 Å². The largest absolute Gasteiger partial charge is 0.313 e. The Morgan fingerprint density at radius 1 is 0.403 bits per heavy atom. The Hall–Kier alpha value is -8.15. The van der Waals surface area contributed by atoms with Crippen LogP contribution in [0.5, 0.6) is 0 Å². The molecule has 1 aliphatic heterocycles. The van der Waals surface area contributed by atoms with E-state index in [0.29, 0.717) is 23.4 Å². The Balaban J connectivity index is 0.914. The standard InChI is InChI=1S/C57H39N5/c1-4-15-39(16-5-1)55-58-56(40-17-6-2-7-18-40)60-57(59-55)41-29-27-38(28-30-41)43-31-33-50-48-24-11-13-26-52(48)62(54(50)36-43)46-22-14-19-42(35-46)44-32-34-49-47-23-10-12-25-51(47)61(53(49)37-44)45-20-8-3-9-21-45/h1-23,25-37,48H,24H2. The van der Waals surface area contributed by atoms with E-state index in [1.807, 2.05) is 60.7 Å². The molecule has 0 saturated heterocycles. The Kier molecular flexibility index (Phi) is 8.56. The van der Waals surface area contributed by atoms with Gasteiger partial charge in [0.2, 0.25) is 0 Å². The molecule has 5 heteroatoms.